The van der Waals surface area contributed by atoms with Gasteiger partial charge in [0, 0.05) is 16.8 Å². The average Bonchev–Trinajstić information content (AvgIpc) is 3.20. The first-order valence-corrected chi connectivity index (χ1v) is 8.34. The minimum Gasteiger partial charge on any atom is -0.461 e. The number of tetrazole rings is 1. The third kappa shape index (κ3) is 3.76. The zero-order valence-corrected chi connectivity index (χ0v) is 15.1. The molecule has 0 bridgehead atoms. The first-order chi connectivity index (χ1) is 12.9. The van der Waals surface area contributed by atoms with Gasteiger partial charge < -0.3 is 9.72 Å². The SMILES string of the molecule is CCOC(=O)c1[nH]c(C)c(C(=O)Cn2nnc(-c3ccc(F)cc3)n2)c1C. The summed E-state index contributed by atoms with van der Waals surface area (Å²) in [6.07, 6.45) is 0. The highest BCUT2D eigenvalue weighted by atomic mass is 19.1. The lowest BCUT2D eigenvalue weighted by Crippen LogP contribution is -2.15. The fraction of sp³-hybridized carbons (Fsp3) is 0.278. The van der Waals surface area contributed by atoms with E-state index in [4.69, 9.17) is 4.74 Å². The lowest BCUT2D eigenvalue weighted by atomic mass is 10.1. The smallest absolute Gasteiger partial charge is 0.355 e. The van der Waals surface area contributed by atoms with E-state index < -0.39 is 5.97 Å². The highest BCUT2D eigenvalue weighted by molar-refractivity contribution is 6.02. The molecule has 0 radical (unpaired) electrons. The second kappa shape index (κ2) is 7.48. The Morgan fingerprint density at radius 2 is 1.93 bits per heavy atom. The monoisotopic (exact) mass is 371 g/mol. The fourth-order valence-corrected chi connectivity index (χ4v) is 2.81. The molecule has 1 aromatic carbocycles. The van der Waals surface area contributed by atoms with E-state index in [0.29, 0.717) is 22.4 Å². The minimum atomic E-state index is -0.505. The Morgan fingerprint density at radius 3 is 2.59 bits per heavy atom. The quantitative estimate of drug-likeness (QED) is 0.527. The maximum Gasteiger partial charge on any atom is 0.355 e. The number of rotatable bonds is 6. The standard InChI is InChI=1S/C18H18FN5O3/c1-4-27-18(26)16-10(2)15(11(3)20-16)14(25)9-24-22-17(21-23-24)12-5-7-13(19)8-6-12/h5-8,20H,4,9H2,1-3H3. The molecule has 27 heavy (non-hydrogen) atoms. The lowest BCUT2D eigenvalue weighted by molar-refractivity contribution is 0.0519. The molecule has 3 aromatic rings. The molecular formula is C18H18FN5O3. The molecule has 2 heterocycles. The number of carbonyl (C=O) groups is 2. The van der Waals surface area contributed by atoms with E-state index >= 15 is 0 Å². The summed E-state index contributed by atoms with van der Waals surface area (Å²) in [6, 6.07) is 5.66. The predicted molar refractivity (Wildman–Crippen MR) is 93.8 cm³/mol. The van der Waals surface area contributed by atoms with Crippen LogP contribution in [0.2, 0.25) is 0 Å². The van der Waals surface area contributed by atoms with Gasteiger partial charge in [-0.1, -0.05) is 0 Å². The van der Waals surface area contributed by atoms with Crippen LogP contribution >= 0.6 is 0 Å². The molecule has 0 fully saturated rings. The number of halogens is 1. The third-order valence-electron chi connectivity index (χ3n) is 4.04. The highest BCUT2D eigenvalue weighted by Crippen LogP contribution is 2.20. The summed E-state index contributed by atoms with van der Waals surface area (Å²) >= 11 is 0. The Hall–Kier alpha value is -3.36. The summed E-state index contributed by atoms with van der Waals surface area (Å²) in [5.74, 6) is -0.843. The van der Waals surface area contributed by atoms with Crippen molar-refractivity contribution < 1.29 is 18.7 Å². The Morgan fingerprint density at radius 1 is 1.22 bits per heavy atom. The Bertz CT molecular complexity index is 991. The van der Waals surface area contributed by atoms with Crippen molar-refractivity contribution in [2.75, 3.05) is 6.61 Å². The number of benzene rings is 1. The number of carbonyl (C=O) groups excluding carboxylic acids is 2. The van der Waals surface area contributed by atoms with Crippen LogP contribution in [-0.2, 0) is 11.3 Å². The van der Waals surface area contributed by atoms with Gasteiger partial charge >= 0.3 is 5.97 Å². The van der Waals surface area contributed by atoms with Crippen molar-refractivity contribution in [1.29, 1.82) is 0 Å². The zero-order chi connectivity index (χ0) is 19.6. The number of nitrogens with one attached hydrogen (secondary N) is 1. The van der Waals surface area contributed by atoms with E-state index in [2.05, 4.69) is 20.4 Å². The molecule has 0 atom stereocenters. The number of hydrogen-bond acceptors (Lipinski definition) is 6. The van der Waals surface area contributed by atoms with Crippen molar-refractivity contribution in [3.63, 3.8) is 0 Å². The number of ether oxygens (including phenoxy) is 1. The second-order valence-electron chi connectivity index (χ2n) is 5.92. The van der Waals surface area contributed by atoms with Gasteiger partial charge in [0.05, 0.1) is 6.61 Å². The van der Waals surface area contributed by atoms with E-state index in [-0.39, 0.29) is 36.3 Å². The van der Waals surface area contributed by atoms with Gasteiger partial charge in [-0.25, -0.2) is 9.18 Å². The summed E-state index contributed by atoms with van der Waals surface area (Å²) in [5, 5.41) is 11.9. The van der Waals surface area contributed by atoms with Gasteiger partial charge in [0.15, 0.2) is 5.78 Å². The number of aromatic nitrogens is 5. The van der Waals surface area contributed by atoms with Crippen molar-refractivity contribution >= 4 is 11.8 Å². The third-order valence-corrected chi connectivity index (χ3v) is 4.04. The van der Waals surface area contributed by atoms with Gasteiger partial charge in [0.2, 0.25) is 5.82 Å². The van der Waals surface area contributed by atoms with Gasteiger partial charge in [-0.2, -0.15) is 4.80 Å². The van der Waals surface area contributed by atoms with E-state index in [9.17, 15) is 14.0 Å². The molecule has 0 spiro atoms. The van der Waals surface area contributed by atoms with Crippen molar-refractivity contribution in [2.45, 2.75) is 27.3 Å². The molecule has 1 N–H and O–H groups in total. The van der Waals surface area contributed by atoms with Crippen molar-refractivity contribution in [1.82, 2.24) is 25.2 Å². The van der Waals surface area contributed by atoms with Gasteiger partial charge in [0.25, 0.3) is 0 Å². The molecule has 0 aliphatic rings. The number of H-pyrrole nitrogens is 1. The van der Waals surface area contributed by atoms with Crippen LogP contribution in [0.15, 0.2) is 24.3 Å². The molecule has 140 valence electrons. The summed E-state index contributed by atoms with van der Waals surface area (Å²) in [6.45, 7) is 5.21. The molecule has 0 aliphatic carbocycles. The largest absolute Gasteiger partial charge is 0.461 e. The highest BCUT2D eigenvalue weighted by Gasteiger charge is 2.23. The van der Waals surface area contributed by atoms with Crippen molar-refractivity contribution in [3.05, 3.63) is 52.6 Å². The molecule has 9 heteroatoms. The molecular weight excluding hydrogens is 353 g/mol. The van der Waals surface area contributed by atoms with Crippen LogP contribution < -0.4 is 0 Å². The van der Waals surface area contributed by atoms with E-state index in [1.807, 2.05) is 0 Å². The van der Waals surface area contributed by atoms with Crippen molar-refractivity contribution in [2.24, 2.45) is 0 Å². The summed E-state index contributed by atoms with van der Waals surface area (Å²) in [5.41, 5.74) is 2.35. The summed E-state index contributed by atoms with van der Waals surface area (Å²) < 4.78 is 18.0. The van der Waals surface area contributed by atoms with Crippen LogP contribution in [0, 0.1) is 19.7 Å². The topological polar surface area (TPSA) is 103 Å². The fourth-order valence-electron chi connectivity index (χ4n) is 2.81. The van der Waals surface area contributed by atoms with Crippen LogP contribution in [0.1, 0.15) is 39.0 Å². The number of Topliss-reactive ketones (excluding diaryl/α,β-unsaturated/α-hetero) is 1. The Labute approximate surface area is 154 Å². The molecule has 2 aromatic heterocycles. The van der Waals surface area contributed by atoms with Crippen LogP contribution in [0.4, 0.5) is 4.39 Å². The molecule has 0 saturated heterocycles. The predicted octanol–water partition coefficient (Wildman–Crippen LogP) is 2.48. The van der Waals surface area contributed by atoms with Crippen LogP contribution in [0.5, 0.6) is 0 Å². The number of aromatic amines is 1. The van der Waals surface area contributed by atoms with E-state index in [1.165, 1.54) is 24.3 Å². The van der Waals surface area contributed by atoms with Gasteiger partial charge in [-0.15, -0.1) is 10.2 Å². The number of nitrogens with zero attached hydrogens (tertiary/aromatic N) is 4. The maximum atomic E-state index is 13.0. The zero-order valence-electron chi connectivity index (χ0n) is 15.1. The summed E-state index contributed by atoms with van der Waals surface area (Å²) in [7, 11) is 0. The number of aryl methyl sites for hydroxylation is 1. The molecule has 0 amide bonds. The van der Waals surface area contributed by atoms with E-state index in [1.54, 1.807) is 20.8 Å². The first kappa shape index (κ1) is 18.4. The molecule has 0 unspecified atom stereocenters. The maximum absolute atomic E-state index is 13.0. The number of esters is 1. The van der Waals surface area contributed by atoms with Crippen LogP contribution in [0.3, 0.4) is 0 Å². The lowest BCUT2D eigenvalue weighted by Gasteiger charge is -2.02. The van der Waals surface area contributed by atoms with Gasteiger partial charge in [-0.3, -0.25) is 4.79 Å². The normalized spacial score (nSPS) is 10.8. The number of ketones is 1. The van der Waals surface area contributed by atoms with E-state index in [0.717, 1.165) is 4.80 Å². The Kier molecular flexibility index (Phi) is 5.11. The van der Waals surface area contributed by atoms with Crippen molar-refractivity contribution in [3.8, 4) is 11.4 Å². The van der Waals surface area contributed by atoms with Crippen LogP contribution in [-0.4, -0.2) is 43.6 Å². The minimum absolute atomic E-state index is 0.143. The summed E-state index contributed by atoms with van der Waals surface area (Å²) in [4.78, 5) is 28.7. The van der Waals surface area contributed by atoms with Gasteiger partial charge in [-0.05, 0) is 55.8 Å². The Balaban J connectivity index is 1.80. The average molecular weight is 371 g/mol. The van der Waals surface area contributed by atoms with Crippen LogP contribution in [0.25, 0.3) is 11.4 Å². The number of hydrogen-bond donors (Lipinski definition) is 1. The molecule has 0 aliphatic heterocycles. The molecule has 3 rings (SSSR count). The molecule has 8 nitrogen and oxygen atoms in total. The first-order valence-electron chi connectivity index (χ1n) is 8.34. The second-order valence-corrected chi connectivity index (χ2v) is 5.92. The van der Waals surface area contributed by atoms with Gasteiger partial charge in [0.1, 0.15) is 18.1 Å². The molecule has 0 saturated carbocycles.